The number of aryl methyl sites for hydroxylation is 1. The van der Waals surface area contributed by atoms with E-state index in [1.165, 1.54) is 6.07 Å². The van der Waals surface area contributed by atoms with E-state index >= 15 is 0 Å². The minimum atomic E-state index is -0.889. The van der Waals surface area contributed by atoms with Gasteiger partial charge in [0.2, 0.25) is 0 Å². The molecule has 2 aromatic rings. The van der Waals surface area contributed by atoms with E-state index in [4.69, 9.17) is 0 Å². The number of halogens is 2. The van der Waals surface area contributed by atoms with Crippen molar-refractivity contribution in [3.8, 4) is 0 Å². The van der Waals surface area contributed by atoms with Crippen molar-refractivity contribution in [1.82, 2.24) is 4.98 Å². The van der Waals surface area contributed by atoms with Crippen LogP contribution in [0.4, 0.5) is 8.78 Å². The predicted octanol–water partition coefficient (Wildman–Crippen LogP) is 3.49. The molecule has 1 heterocycles. The molecule has 19 heavy (non-hydrogen) atoms. The smallest absolute Gasteiger partial charge is 0.159 e. The van der Waals surface area contributed by atoms with Gasteiger partial charge in [-0.2, -0.15) is 0 Å². The SMILES string of the molecule is Cc1[nH]c(C(O)Cc2ccc(F)c(F)c2)c(C)c1C. The number of aliphatic hydroxyl groups is 1. The molecule has 1 aromatic carbocycles. The van der Waals surface area contributed by atoms with Crippen LogP contribution in [0.15, 0.2) is 18.2 Å². The second-order valence-corrected chi connectivity index (χ2v) is 4.88. The fourth-order valence-electron chi connectivity index (χ4n) is 2.20. The van der Waals surface area contributed by atoms with Gasteiger partial charge in [-0.3, -0.25) is 0 Å². The fourth-order valence-corrected chi connectivity index (χ4v) is 2.20. The van der Waals surface area contributed by atoms with Gasteiger partial charge in [0.25, 0.3) is 0 Å². The fraction of sp³-hybridized carbons (Fsp3) is 0.333. The molecule has 0 aliphatic heterocycles. The maximum Gasteiger partial charge on any atom is 0.159 e. The molecule has 102 valence electrons. The van der Waals surface area contributed by atoms with E-state index in [2.05, 4.69) is 4.98 Å². The Hall–Kier alpha value is -1.68. The van der Waals surface area contributed by atoms with Crippen molar-refractivity contribution in [3.05, 3.63) is 57.9 Å². The minimum Gasteiger partial charge on any atom is -0.387 e. The number of aromatic amines is 1. The van der Waals surface area contributed by atoms with Crippen LogP contribution in [0.3, 0.4) is 0 Å². The summed E-state index contributed by atoms with van der Waals surface area (Å²) in [6.45, 7) is 5.85. The van der Waals surface area contributed by atoms with Crippen LogP contribution in [0.5, 0.6) is 0 Å². The molecule has 0 spiro atoms. The lowest BCUT2D eigenvalue weighted by Crippen LogP contribution is -2.04. The molecular weight excluding hydrogens is 248 g/mol. The Labute approximate surface area is 111 Å². The van der Waals surface area contributed by atoms with Gasteiger partial charge in [0, 0.05) is 17.8 Å². The van der Waals surface area contributed by atoms with E-state index in [1.54, 1.807) is 0 Å². The average molecular weight is 265 g/mol. The van der Waals surface area contributed by atoms with E-state index < -0.39 is 17.7 Å². The monoisotopic (exact) mass is 265 g/mol. The summed E-state index contributed by atoms with van der Waals surface area (Å²) in [6, 6.07) is 3.69. The zero-order valence-electron chi connectivity index (χ0n) is 11.2. The first-order valence-corrected chi connectivity index (χ1v) is 6.17. The van der Waals surface area contributed by atoms with Crippen LogP contribution in [0.25, 0.3) is 0 Å². The van der Waals surface area contributed by atoms with Crippen molar-refractivity contribution in [2.75, 3.05) is 0 Å². The Kier molecular flexibility index (Phi) is 3.71. The first-order valence-electron chi connectivity index (χ1n) is 6.17. The van der Waals surface area contributed by atoms with Gasteiger partial charge in [-0.15, -0.1) is 0 Å². The lowest BCUT2D eigenvalue weighted by Gasteiger charge is -2.11. The lowest BCUT2D eigenvalue weighted by atomic mass is 10.0. The van der Waals surface area contributed by atoms with Crippen molar-refractivity contribution < 1.29 is 13.9 Å². The Morgan fingerprint density at radius 1 is 1.11 bits per heavy atom. The highest BCUT2D eigenvalue weighted by atomic mass is 19.2. The molecule has 0 fully saturated rings. The molecule has 1 aromatic heterocycles. The molecule has 4 heteroatoms. The number of aliphatic hydroxyl groups excluding tert-OH is 1. The summed E-state index contributed by atoms with van der Waals surface area (Å²) in [6.07, 6.45) is -0.505. The third-order valence-corrected chi connectivity index (χ3v) is 3.60. The first-order chi connectivity index (χ1) is 8.90. The molecule has 1 unspecified atom stereocenters. The van der Waals surface area contributed by atoms with Gasteiger partial charge in [0.05, 0.1) is 6.10 Å². The van der Waals surface area contributed by atoms with Gasteiger partial charge in [-0.25, -0.2) is 8.78 Å². The number of rotatable bonds is 3. The van der Waals surface area contributed by atoms with E-state index in [0.29, 0.717) is 5.56 Å². The molecule has 0 radical (unpaired) electrons. The lowest BCUT2D eigenvalue weighted by molar-refractivity contribution is 0.173. The summed E-state index contributed by atoms with van der Waals surface area (Å²) < 4.78 is 26.0. The molecule has 2 nitrogen and oxygen atoms in total. The van der Waals surface area contributed by atoms with Crippen LogP contribution in [0.2, 0.25) is 0 Å². The number of nitrogens with one attached hydrogen (secondary N) is 1. The summed E-state index contributed by atoms with van der Waals surface area (Å²) in [5.74, 6) is -1.76. The quantitative estimate of drug-likeness (QED) is 0.875. The second-order valence-electron chi connectivity index (χ2n) is 4.88. The first kappa shape index (κ1) is 13.7. The average Bonchev–Trinajstić information content (AvgIpc) is 2.62. The van der Waals surface area contributed by atoms with Gasteiger partial charge in [-0.1, -0.05) is 6.07 Å². The summed E-state index contributed by atoms with van der Waals surface area (Å²) in [4.78, 5) is 3.14. The van der Waals surface area contributed by atoms with E-state index in [0.717, 1.165) is 34.6 Å². The van der Waals surface area contributed by atoms with Gasteiger partial charge >= 0.3 is 0 Å². The van der Waals surface area contributed by atoms with Crippen LogP contribution in [0.1, 0.15) is 34.2 Å². The van der Waals surface area contributed by atoms with E-state index in [-0.39, 0.29) is 6.42 Å². The number of benzene rings is 1. The topological polar surface area (TPSA) is 36.0 Å². The highest BCUT2D eigenvalue weighted by molar-refractivity contribution is 5.36. The maximum absolute atomic E-state index is 13.1. The standard InChI is InChI=1S/C15H17F2NO/c1-8-9(2)15(18-10(8)3)14(19)7-11-4-5-12(16)13(17)6-11/h4-6,14,18-19H,7H2,1-3H3. The summed E-state index contributed by atoms with van der Waals surface area (Å²) >= 11 is 0. The molecule has 0 aliphatic carbocycles. The summed E-state index contributed by atoms with van der Waals surface area (Å²) in [7, 11) is 0. The molecule has 0 bridgehead atoms. The third-order valence-electron chi connectivity index (χ3n) is 3.60. The Morgan fingerprint density at radius 2 is 1.79 bits per heavy atom. The van der Waals surface area contributed by atoms with Crippen molar-refractivity contribution in [2.24, 2.45) is 0 Å². The number of H-pyrrole nitrogens is 1. The molecule has 1 atom stereocenters. The van der Waals surface area contributed by atoms with Crippen LogP contribution >= 0.6 is 0 Å². The summed E-state index contributed by atoms with van der Waals surface area (Å²) in [5, 5.41) is 10.2. The largest absolute Gasteiger partial charge is 0.387 e. The predicted molar refractivity (Wildman–Crippen MR) is 70.0 cm³/mol. The Morgan fingerprint density at radius 3 is 2.32 bits per heavy atom. The molecule has 0 saturated heterocycles. The van der Waals surface area contributed by atoms with Gasteiger partial charge < -0.3 is 10.1 Å². The number of hydrogen-bond donors (Lipinski definition) is 2. The highest BCUT2D eigenvalue weighted by Crippen LogP contribution is 2.25. The second kappa shape index (κ2) is 5.13. The summed E-state index contributed by atoms with van der Waals surface area (Å²) in [5.41, 5.74) is 4.43. The third kappa shape index (κ3) is 2.68. The van der Waals surface area contributed by atoms with E-state index in [9.17, 15) is 13.9 Å². The van der Waals surface area contributed by atoms with Crippen molar-refractivity contribution in [3.63, 3.8) is 0 Å². The van der Waals surface area contributed by atoms with Crippen LogP contribution in [-0.4, -0.2) is 10.1 Å². The highest BCUT2D eigenvalue weighted by Gasteiger charge is 2.16. The zero-order valence-corrected chi connectivity index (χ0v) is 11.2. The van der Waals surface area contributed by atoms with Crippen molar-refractivity contribution in [1.29, 1.82) is 0 Å². The normalized spacial score (nSPS) is 12.7. The molecule has 2 rings (SSSR count). The molecule has 2 N–H and O–H groups in total. The zero-order chi connectivity index (χ0) is 14.2. The van der Waals surface area contributed by atoms with Gasteiger partial charge in [0.1, 0.15) is 0 Å². The van der Waals surface area contributed by atoms with Gasteiger partial charge in [0.15, 0.2) is 11.6 Å². The van der Waals surface area contributed by atoms with Crippen LogP contribution in [0, 0.1) is 32.4 Å². The Balaban J connectivity index is 2.22. The Bertz CT molecular complexity index is 604. The maximum atomic E-state index is 13.1. The van der Waals surface area contributed by atoms with Crippen molar-refractivity contribution in [2.45, 2.75) is 33.3 Å². The van der Waals surface area contributed by atoms with Gasteiger partial charge in [-0.05, 0) is 49.6 Å². The number of hydrogen-bond acceptors (Lipinski definition) is 1. The molecule has 0 aliphatic rings. The van der Waals surface area contributed by atoms with Crippen LogP contribution in [-0.2, 0) is 6.42 Å². The van der Waals surface area contributed by atoms with Crippen molar-refractivity contribution >= 4 is 0 Å². The van der Waals surface area contributed by atoms with E-state index in [1.807, 2.05) is 20.8 Å². The molecule has 0 saturated carbocycles. The molecule has 0 amide bonds. The minimum absolute atomic E-state index is 0.247. The van der Waals surface area contributed by atoms with Crippen LogP contribution < -0.4 is 0 Å². The molecular formula is C15H17F2NO. The number of aromatic nitrogens is 1.